The number of anilines is 2. The summed E-state index contributed by atoms with van der Waals surface area (Å²) in [7, 11) is 0. The molecule has 0 amide bonds. The molecule has 0 unspecified atom stereocenters. The van der Waals surface area contributed by atoms with E-state index in [1.54, 1.807) is 0 Å². The minimum atomic E-state index is 0.755. The lowest BCUT2D eigenvalue weighted by Crippen LogP contribution is -2.44. The van der Waals surface area contributed by atoms with Crippen LogP contribution in [0.3, 0.4) is 0 Å². The molecule has 27 heavy (non-hydrogen) atoms. The summed E-state index contributed by atoms with van der Waals surface area (Å²) < 4.78 is 2.20. The van der Waals surface area contributed by atoms with E-state index < -0.39 is 0 Å². The van der Waals surface area contributed by atoms with Crippen molar-refractivity contribution in [1.82, 2.24) is 9.88 Å². The number of piperazine rings is 1. The third-order valence-electron chi connectivity index (χ3n) is 4.88. The number of rotatable bonds is 5. The minimum Gasteiger partial charge on any atom is -0.360 e. The average molecular weight is 360 g/mol. The quantitative estimate of drug-likeness (QED) is 0.680. The van der Waals surface area contributed by atoms with Gasteiger partial charge in [0, 0.05) is 48.6 Å². The summed E-state index contributed by atoms with van der Waals surface area (Å²) in [5.41, 5.74) is 4.70. The third kappa shape index (κ3) is 3.22. The Morgan fingerprint density at radius 1 is 1.15 bits per heavy atom. The maximum Gasteiger partial charge on any atom is 0.154 e. The lowest BCUT2D eigenvalue weighted by molar-refractivity contribution is 0.112. The van der Waals surface area contributed by atoms with Crippen LogP contribution in [0.2, 0.25) is 0 Å². The maximum atomic E-state index is 12.1. The molecule has 3 aromatic rings. The monoisotopic (exact) mass is 360 g/mol. The molecular formula is C22H24N4O. The fourth-order valence-electron chi connectivity index (χ4n) is 3.79. The molecule has 0 saturated carbocycles. The van der Waals surface area contributed by atoms with E-state index >= 15 is 0 Å². The van der Waals surface area contributed by atoms with Gasteiger partial charge in [0.25, 0.3) is 0 Å². The molecule has 1 aliphatic heterocycles. The average Bonchev–Trinajstić information content (AvgIpc) is 3.02. The van der Waals surface area contributed by atoms with Gasteiger partial charge in [0.2, 0.25) is 0 Å². The second-order valence-corrected chi connectivity index (χ2v) is 6.90. The molecule has 5 heteroatoms. The SMILES string of the molecule is C=C(C)Nc1cccc(-n2c(N3CCNCC3)c(C=O)c3ccccc32)c1. The Bertz CT molecular complexity index is 999. The van der Waals surface area contributed by atoms with Crippen molar-refractivity contribution >= 4 is 28.7 Å². The Kier molecular flexibility index (Phi) is 4.69. The summed E-state index contributed by atoms with van der Waals surface area (Å²) in [6.07, 6.45) is 0.992. The van der Waals surface area contributed by atoms with Gasteiger partial charge in [0.05, 0.1) is 11.1 Å². The Labute approximate surface area is 159 Å². The van der Waals surface area contributed by atoms with Gasteiger partial charge < -0.3 is 15.5 Å². The molecule has 0 spiro atoms. The van der Waals surface area contributed by atoms with E-state index in [9.17, 15) is 4.79 Å². The number of fused-ring (bicyclic) bond motifs is 1. The molecule has 5 nitrogen and oxygen atoms in total. The van der Waals surface area contributed by atoms with Crippen molar-refractivity contribution in [3.05, 3.63) is 66.4 Å². The highest BCUT2D eigenvalue weighted by atomic mass is 16.1. The molecule has 2 aromatic carbocycles. The highest BCUT2D eigenvalue weighted by Crippen LogP contribution is 2.35. The molecule has 2 heterocycles. The van der Waals surface area contributed by atoms with Crippen LogP contribution in [0.15, 0.2) is 60.8 Å². The number of carbonyl (C=O) groups is 1. The van der Waals surface area contributed by atoms with Gasteiger partial charge in [0.15, 0.2) is 6.29 Å². The maximum absolute atomic E-state index is 12.1. The Morgan fingerprint density at radius 2 is 1.93 bits per heavy atom. The van der Waals surface area contributed by atoms with Gasteiger partial charge >= 0.3 is 0 Å². The largest absolute Gasteiger partial charge is 0.360 e. The third-order valence-corrected chi connectivity index (χ3v) is 4.88. The summed E-state index contributed by atoms with van der Waals surface area (Å²) in [6.45, 7) is 9.45. The Hall–Kier alpha value is -3.05. The molecule has 1 fully saturated rings. The highest BCUT2D eigenvalue weighted by molar-refractivity contribution is 6.05. The topological polar surface area (TPSA) is 49.3 Å². The second kappa shape index (κ2) is 7.29. The lowest BCUT2D eigenvalue weighted by Gasteiger charge is -2.31. The van der Waals surface area contributed by atoms with Crippen molar-refractivity contribution < 1.29 is 4.79 Å². The van der Waals surface area contributed by atoms with Crippen LogP contribution >= 0.6 is 0 Å². The Balaban J connectivity index is 1.96. The van der Waals surface area contributed by atoms with E-state index in [1.165, 1.54) is 0 Å². The number of hydrogen-bond acceptors (Lipinski definition) is 4. The normalized spacial score (nSPS) is 14.3. The van der Waals surface area contributed by atoms with Crippen molar-refractivity contribution in [3.8, 4) is 5.69 Å². The minimum absolute atomic E-state index is 0.755. The summed E-state index contributed by atoms with van der Waals surface area (Å²) in [6, 6.07) is 16.3. The fourth-order valence-corrected chi connectivity index (χ4v) is 3.79. The zero-order valence-corrected chi connectivity index (χ0v) is 15.5. The molecule has 4 rings (SSSR count). The van der Waals surface area contributed by atoms with E-state index in [0.29, 0.717) is 0 Å². The van der Waals surface area contributed by atoms with Crippen LogP contribution in [0.1, 0.15) is 17.3 Å². The number of carbonyl (C=O) groups excluding carboxylic acids is 1. The number of nitrogens with one attached hydrogen (secondary N) is 2. The predicted molar refractivity (Wildman–Crippen MR) is 112 cm³/mol. The molecule has 1 aliphatic rings. The zero-order chi connectivity index (χ0) is 18.8. The van der Waals surface area contributed by atoms with Gasteiger partial charge in [-0.2, -0.15) is 0 Å². The first-order chi connectivity index (χ1) is 13.2. The van der Waals surface area contributed by atoms with Gasteiger partial charge in [-0.15, -0.1) is 0 Å². The molecule has 0 radical (unpaired) electrons. The number of benzene rings is 2. The predicted octanol–water partition coefficient (Wildman–Crippen LogP) is 3.80. The number of aromatic nitrogens is 1. The van der Waals surface area contributed by atoms with Crippen molar-refractivity contribution in [3.63, 3.8) is 0 Å². The molecule has 138 valence electrons. The van der Waals surface area contributed by atoms with Crippen LogP contribution in [0.25, 0.3) is 16.6 Å². The van der Waals surface area contributed by atoms with Gasteiger partial charge in [-0.3, -0.25) is 9.36 Å². The van der Waals surface area contributed by atoms with Crippen LogP contribution in [0.4, 0.5) is 11.5 Å². The van der Waals surface area contributed by atoms with E-state index in [-0.39, 0.29) is 0 Å². The van der Waals surface area contributed by atoms with Crippen LogP contribution in [0, 0.1) is 0 Å². The number of hydrogen-bond donors (Lipinski definition) is 2. The summed E-state index contributed by atoms with van der Waals surface area (Å²) >= 11 is 0. The van der Waals surface area contributed by atoms with Crippen LogP contribution in [-0.4, -0.2) is 37.0 Å². The molecular weight excluding hydrogens is 336 g/mol. The van der Waals surface area contributed by atoms with Gasteiger partial charge in [-0.25, -0.2) is 0 Å². The van der Waals surface area contributed by atoms with Gasteiger partial charge in [-0.05, 0) is 31.2 Å². The number of allylic oxidation sites excluding steroid dienone is 1. The highest BCUT2D eigenvalue weighted by Gasteiger charge is 2.23. The summed E-state index contributed by atoms with van der Waals surface area (Å²) in [5.74, 6) is 0.972. The molecule has 1 aromatic heterocycles. The van der Waals surface area contributed by atoms with Gasteiger partial charge in [0.1, 0.15) is 5.82 Å². The van der Waals surface area contributed by atoms with E-state index in [1.807, 2.05) is 37.3 Å². The summed E-state index contributed by atoms with van der Waals surface area (Å²) in [4.78, 5) is 14.4. The second-order valence-electron chi connectivity index (χ2n) is 6.90. The molecule has 2 N–H and O–H groups in total. The van der Waals surface area contributed by atoms with Crippen molar-refractivity contribution in [1.29, 1.82) is 0 Å². The molecule has 0 atom stereocenters. The number of para-hydroxylation sites is 1. The van der Waals surface area contributed by atoms with E-state index in [4.69, 9.17) is 0 Å². The van der Waals surface area contributed by atoms with Crippen LogP contribution in [-0.2, 0) is 0 Å². The van der Waals surface area contributed by atoms with Crippen LogP contribution < -0.4 is 15.5 Å². The fraction of sp³-hybridized carbons (Fsp3) is 0.227. The first kappa shape index (κ1) is 17.4. The first-order valence-corrected chi connectivity index (χ1v) is 9.26. The zero-order valence-electron chi connectivity index (χ0n) is 15.5. The van der Waals surface area contributed by atoms with Crippen LogP contribution in [0.5, 0.6) is 0 Å². The molecule has 1 saturated heterocycles. The van der Waals surface area contributed by atoms with Gasteiger partial charge in [-0.1, -0.05) is 30.8 Å². The summed E-state index contributed by atoms with van der Waals surface area (Å²) in [5, 5.41) is 7.65. The Morgan fingerprint density at radius 3 is 2.67 bits per heavy atom. The van der Waals surface area contributed by atoms with Crippen molar-refractivity contribution in [2.45, 2.75) is 6.92 Å². The molecule has 0 aliphatic carbocycles. The standard InChI is InChI=1S/C22H24N4O/c1-16(2)24-17-6-5-7-18(14-17)26-21-9-4-3-8-19(21)20(15-27)22(26)25-12-10-23-11-13-25/h3-9,14-15,23-24H,1,10-13H2,2H3. The first-order valence-electron chi connectivity index (χ1n) is 9.26. The van der Waals surface area contributed by atoms with E-state index in [0.717, 1.165) is 71.8 Å². The number of aldehydes is 1. The van der Waals surface area contributed by atoms with Crippen molar-refractivity contribution in [2.24, 2.45) is 0 Å². The van der Waals surface area contributed by atoms with Crippen molar-refractivity contribution in [2.75, 3.05) is 36.4 Å². The lowest BCUT2D eigenvalue weighted by atomic mass is 10.2. The molecule has 0 bridgehead atoms. The smallest absolute Gasteiger partial charge is 0.154 e. The number of nitrogens with zero attached hydrogens (tertiary/aromatic N) is 2. The van der Waals surface area contributed by atoms with E-state index in [2.05, 4.69) is 44.9 Å².